The van der Waals surface area contributed by atoms with E-state index < -0.39 is 23.8 Å². The van der Waals surface area contributed by atoms with Crippen molar-refractivity contribution in [1.29, 1.82) is 0 Å². The molecule has 1 aromatic carbocycles. The highest BCUT2D eigenvalue weighted by atomic mass is 35.5. The Kier molecular flexibility index (Phi) is 7.46. The number of Topliss-reactive ketones (excluding diaryl/α,β-unsaturated/α-hetero) is 1. The van der Waals surface area contributed by atoms with Crippen molar-refractivity contribution in [1.82, 2.24) is 5.32 Å². The highest BCUT2D eigenvalue weighted by Gasteiger charge is 2.47. The number of nitrogens with one attached hydrogen (secondary N) is 1. The van der Waals surface area contributed by atoms with E-state index in [1.165, 1.54) is 7.11 Å². The van der Waals surface area contributed by atoms with Gasteiger partial charge in [0.1, 0.15) is 12.0 Å². The molecule has 4 rings (SSSR count). The monoisotopic (exact) mass is 485 g/mol. The highest BCUT2D eigenvalue weighted by Crippen LogP contribution is 2.46. The third kappa shape index (κ3) is 4.78. The van der Waals surface area contributed by atoms with Crippen LogP contribution in [0.4, 0.5) is 0 Å². The number of methoxy groups -OCH3 is 1. The molecule has 7 heteroatoms. The van der Waals surface area contributed by atoms with Crippen LogP contribution in [0.25, 0.3) is 0 Å². The van der Waals surface area contributed by atoms with Gasteiger partial charge in [0, 0.05) is 27.9 Å². The Bertz CT molecular complexity index is 1050. The number of halogens is 1. The lowest BCUT2D eigenvalue weighted by molar-refractivity contribution is -0.151. The van der Waals surface area contributed by atoms with Gasteiger partial charge in [-0.25, -0.2) is 4.79 Å². The molecule has 1 fully saturated rings. The molecule has 34 heavy (non-hydrogen) atoms. The summed E-state index contributed by atoms with van der Waals surface area (Å²) in [7, 11) is 1.29. The normalized spacial score (nSPS) is 25.9. The van der Waals surface area contributed by atoms with Gasteiger partial charge in [-0.05, 0) is 62.6 Å². The van der Waals surface area contributed by atoms with Gasteiger partial charge in [-0.2, -0.15) is 0 Å². The molecule has 1 aromatic rings. The van der Waals surface area contributed by atoms with Crippen molar-refractivity contribution in [2.24, 2.45) is 11.8 Å². The maximum absolute atomic E-state index is 13.7. The second kappa shape index (κ2) is 10.3. The van der Waals surface area contributed by atoms with E-state index in [1.807, 2.05) is 19.9 Å². The van der Waals surface area contributed by atoms with Crippen LogP contribution in [0.2, 0.25) is 5.02 Å². The van der Waals surface area contributed by atoms with E-state index in [1.54, 1.807) is 18.2 Å². The van der Waals surface area contributed by atoms with Gasteiger partial charge in [-0.3, -0.25) is 9.59 Å². The van der Waals surface area contributed by atoms with Gasteiger partial charge in [0.15, 0.2) is 5.78 Å². The SMILES string of the molecule is COC(=O)[C@H]1C(=O)C2=C(C[C@H]1C)NC(C)=C(C(=O)OC1CCCCCC1)[C@H]2c1cccc(Cl)c1. The van der Waals surface area contributed by atoms with Crippen molar-refractivity contribution >= 4 is 29.3 Å². The summed E-state index contributed by atoms with van der Waals surface area (Å²) < 4.78 is 10.9. The molecule has 3 aliphatic rings. The lowest BCUT2D eigenvalue weighted by Crippen LogP contribution is -2.43. The van der Waals surface area contributed by atoms with Crippen LogP contribution in [0.15, 0.2) is 46.8 Å². The van der Waals surface area contributed by atoms with Gasteiger partial charge in [0.25, 0.3) is 0 Å². The molecular weight excluding hydrogens is 454 g/mol. The maximum Gasteiger partial charge on any atom is 0.337 e. The molecule has 1 saturated carbocycles. The lowest BCUT2D eigenvalue weighted by atomic mass is 9.69. The number of carbonyl (C=O) groups is 3. The first kappa shape index (κ1) is 24.5. The van der Waals surface area contributed by atoms with Crippen LogP contribution in [-0.2, 0) is 23.9 Å². The number of dihydropyridines is 1. The fourth-order valence-corrected chi connectivity index (χ4v) is 5.74. The van der Waals surface area contributed by atoms with Crippen molar-refractivity contribution in [2.75, 3.05) is 7.11 Å². The molecule has 182 valence electrons. The van der Waals surface area contributed by atoms with Crippen molar-refractivity contribution < 1.29 is 23.9 Å². The Morgan fingerprint density at radius 1 is 1.12 bits per heavy atom. The predicted molar refractivity (Wildman–Crippen MR) is 129 cm³/mol. The number of benzene rings is 1. The van der Waals surface area contributed by atoms with Crippen molar-refractivity contribution in [3.05, 3.63) is 57.4 Å². The van der Waals surface area contributed by atoms with Gasteiger partial charge in [-0.15, -0.1) is 0 Å². The molecule has 0 spiro atoms. The zero-order valence-corrected chi connectivity index (χ0v) is 20.7. The van der Waals surface area contributed by atoms with E-state index in [4.69, 9.17) is 21.1 Å². The molecule has 0 saturated heterocycles. The molecule has 1 N–H and O–H groups in total. The van der Waals surface area contributed by atoms with E-state index in [0.717, 1.165) is 49.8 Å². The Morgan fingerprint density at radius 2 is 1.82 bits per heavy atom. The summed E-state index contributed by atoms with van der Waals surface area (Å²) in [4.78, 5) is 39.9. The summed E-state index contributed by atoms with van der Waals surface area (Å²) in [5.74, 6) is -3.09. The van der Waals surface area contributed by atoms with Crippen LogP contribution in [0.1, 0.15) is 70.3 Å². The number of ether oxygens (including phenoxy) is 2. The lowest BCUT2D eigenvalue weighted by Gasteiger charge is -2.38. The minimum atomic E-state index is -0.912. The summed E-state index contributed by atoms with van der Waals surface area (Å²) in [5, 5.41) is 3.81. The number of ketones is 1. The third-order valence-electron chi connectivity index (χ3n) is 7.22. The number of esters is 2. The van der Waals surface area contributed by atoms with Crippen molar-refractivity contribution in [2.45, 2.75) is 70.8 Å². The average Bonchev–Trinajstić information content (AvgIpc) is 3.06. The number of hydrogen-bond donors (Lipinski definition) is 1. The van der Waals surface area contributed by atoms with Gasteiger partial charge in [0.2, 0.25) is 0 Å². The van der Waals surface area contributed by atoms with Crippen molar-refractivity contribution in [3.8, 4) is 0 Å². The summed E-state index contributed by atoms with van der Waals surface area (Å²) in [5.41, 5.74) is 2.95. The summed E-state index contributed by atoms with van der Waals surface area (Å²) >= 11 is 6.31. The standard InChI is InChI=1S/C27H32ClNO5/c1-15-13-20-24(25(30)21(15)26(31)33-3)23(17-9-8-10-18(28)14-17)22(16(2)29-20)27(32)34-19-11-6-4-5-7-12-19/h8-10,14-15,19,21,23,29H,4-7,11-13H2,1-3H3/t15-,21-,23-/m1/s1. The molecule has 1 heterocycles. The first-order valence-electron chi connectivity index (χ1n) is 12.1. The molecule has 6 nitrogen and oxygen atoms in total. The van der Waals surface area contributed by atoms with Gasteiger partial charge < -0.3 is 14.8 Å². The van der Waals surface area contributed by atoms with Crippen LogP contribution in [0, 0.1) is 11.8 Å². The molecule has 0 radical (unpaired) electrons. The molecule has 1 aliphatic heterocycles. The summed E-state index contributed by atoms with van der Waals surface area (Å²) in [6, 6.07) is 7.19. The minimum absolute atomic E-state index is 0.129. The van der Waals surface area contributed by atoms with E-state index in [-0.39, 0.29) is 17.8 Å². The third-order valence-corrected chi connectivity index (χ3v) is 7.46. The zero-order chi connectivity index (χ0) is 24.4. The van der Waals surface area contributed by atoms with Crippen LogP contribution in [0.5, 0.6) is 0 Å². The Labute approximate surface area is 205 Å². The van der Waals surface area contributed by atoms with Crippen LogP contribution >= 0.6 is 11.6 Å². The van der Waals surface area contributed by atoms with E-state index in [2.05, 4.69) is 5.32 Å². The molecule has 0 unspecified atom stereocenters. The molecule has 0 aromatic heterocycles. The smallest absolute Gasteiger partial charge is 0.337 e. The fraction of sp³-hybridized carbons (Fsp3) is 0.519. The van der Waals surface area contributed by atoms with E-state index >= 15 is 0 Å². The zero-order valence-electron chi connectivity index (χ0n) is 20.0. The number of allylic oxidation sites excluding steroid dienone is 3. The van der Waals surface area contributed by atoms with Crippen LogP contribution in [0.3, 0.4) is 0 Å². The van der Waals surface area contributed by atoms with Gasteiger partial charge >= 0.3 is 11.9 Å². The molecule has 0 bridgehead atoms. The fourth-order valence-electron chi connectivity index (χ4n) is 5.55. The quantitative estimate of drug-likeness (QED) is 0.358. The first-order chi connectivity index (χ1) is 16.3. The largest absolute Gasteiger partial charge is 0.468 e. The maximum atomic E-state index is 13.7. The second-order valence-electron chi connectivity index (χ2n) is 9.61. The van der Waals surface area contributed by atoms with Crippen LogP contribution in [-0.4, -0.2) is 30.9 Å². The van der Waals surface area contributed by atoms with E-state index in [9.17, 15) is 14.4 Å². The summed E-state index contributed by atoms with van der Waals surface area (Å²) in [6.45, 7) is 3.71. The Hall–Kier alpha value is -2.60. The second-order valence-corrected chi connectivity index (χ2v) is 10.0. The molecule has 0 amide bonds. The van der Waals surface area contributed by atoms with Crippen molar-refractivity contribution in [3.63, 3.8) is 0 Å². The van der Waals surface area contributed by atoms with Gasteiger partial charge in [0.05, 0.1) is 12.7 Å². The Morgan fingerprint density at radius 3 is 2.47 bits per heavy atom. The number of rotatable bonds is 4. The summed E-state index contributed by atoms with van der Waals surface area (Å²) in [6.07, 6.45) is 6.46. The highest BCUT2D eigenvalue weighted by molar-refractivity contribution is 6.30. The minimum Gasteiger partial charge on any atom is -0.468 e. The molecule has 2 aliphatic carbocycles. The number of carbonyl (C=O) groups excluding carboxylic acids is 3. The van der Waals surface area contributed by atoms with Crippen LogP contribution < -0.4 is 5.32 Å². The molecule has 3 atom stereocenters. The first-order valence-corrected chi connectivity index (χ1v) is 12.5. The number of hydrogen-bond acceptors (Lipinski definition) is 6. The molecular formula is C27H32ClNO5. The average molecular weight is 486 g/mol. The predicted octanol–water partition coefficient (Wildman–Crippen LogP) is 5.22. The van der Waals surface area contributed by atoms with Gasteiger partial charge in [-0.1, -0.05) is 43.5 Å². The van der Waals surface area contributed by atoms with E-state index in [0.29, 0.717) is 28.3 Å². The Balaban J connectivity index is 1.77. The topological polar surface area (TPSA) is 81.7 Å².